The van der Waals surface area contributed by atoms with E-state index in [1.807, 2.05) is 24.4 Å². The highest BCUT2D eigenvalue weighted by Gasteiger charge is 2.27. The monoisotopic (exact) mass is 329 g/mol. The van der Waals surface area contributed by atoms with Crippen molar-refractivity contribution in [1.82, 2.24) is 9.55 Å². The zero-order chi connectivity index (χ0) is 16.1. The average molecular weight is 329 g/mol. The molecule has 122 valence electrons. The van der Waals surface area contributed by atoms with E-state index in [0.717, 1.165) is 18.0 Å². The molecule has 1 aromatic heterocycles. The molecule has 0 spiro atoms. The number of imidazole rings is 1. The number of aromatic nitrogens is 2. The predicted octanol–water partition coefficient (Wildman–Crippen LogP) is 3.65. The van der Waals surface area contributed by atoms with Gasteiger partial charge >= 0.3 is 0 Å². The van der Waals surface area contributed by atoms with Gasteiger partial charge < -0.3 is 10.5 Å². The van der Waals surface area contributed by atoms with Gasteiger partial charge in [0.25, 0.3) is 0 Å². The van der Waals surface area contributed by atoms with Gasteiger partial charge in [-0.2, -0.15) is 0 Å². The molecule has 1 heterocycles. The first-order chi connectivity index (χ1) is 11.3. The SMILES string of the molecule is COCn1c([C@H]2CC=CC[C@@H]2CN)cnc1Sc1ccccc1. The Hall–Kier alpha value is -1.56. The second-order valence-corrected chi connectivity index (χ2v) is 6.81. The summed E-state index contributed by atoms with van der Waals surface area (Å²) < 4.78 is 7.61. The van der Waals surface area contributed by atoms with Crippen LogP contribution in [0.2, 0.25) is 0 Å². The molecule has 0 radical (unpaired) electrons. The lowest BCUT2D eigenvalue weighted by atomic mass is 9.81. The Bertz CT molecular complexity index is 654. The summed E-state index contributed by atoms with van der Waals surface area (Å²) in [4.78, 5) is 5.84. The number of rotatable bonds is 6. The first-order valence-corrected chi connectivity index (χ1v) is 8.77. The lowest BCUT2D eigenvalue weighted by Gasteiger charge is -2.28. The van der Waals surface area contributed by atoms with Gasteiger partial charge in [0.2, 0.25) is 0 Å². The minimum Gasteiger partial charge on any atom is -0.364 e. The van der Waals surface area contributed by atoms with E-state index in [1.165, 1.54) is 10.6 Å². The molecule has 5 heteroatoms. The zero-order valence-corrected chi connectivity index (χ0v) is 14.2. The first-order valence-electron chi connectivity index (χ1n) is 7.95. The molecule has 1 aliphatic rings. The predicted molar refractivity (Wildman–Crippen MR) is 93.5 cm³/mol. The Morgan fingerprint density at radius 3 is 2.78 bits per heavy atom. The largest absolute Gasteiger partial charge is 0.364 e. The fourth-order valence-corrected chi connectivity index (χ4v) is 3.97. The van der Waals surface area contributed by atoms with E-state index in [4.69, 9.17) is 10.5 Å². The van der Waals surface area contributed by atoms with Crippen molar-refractivity contribution in [1.29, 1.82) is 0 Å². The topological polar surface area (TPSA) is 53.1 Å². The molecule has 0 saturated heterocycles. The highest BCUT2D eigenvalue weighted by molar-refractivity contribution is 7.99. The number of hydrogen-bond donors (Lipinski definition) is 1. The Labute approximate surface area is 141 Å². The number of nitrogens with two attached hydrogens (primary N) is 1. The van der Waals surface area contributed by atoms with Gasteiger partial charge in [-0.3, -0.25) is 4.57 Å². The van der Waals surface area contributed by atoms with Crippen molar-refractivity contribution in [3.05, 3.63) is 54.4 Å². The molecule has 0 unspecified atom stereocenters. The molecule has 2 N–H and O–H groups in total. The highest BCUT2D eigenvalue weighted by Crippen LogP contribution is 2.37. The molecule has 1 aromatic carbocycles. The molecule has 0 fully saturated rings. The van der Waals surface area contributed by atoms with Crippen LogP contribution in [0.5, 0.6) is 0 Å². The highest BCUT2D eigenvalue weighted by atomic mass is 32.2. The summed E-state index contributed by atoms with van der Waals surface area (Å²) in [6.07, 6.45) is 8.56. The third-order valence-electron chi connectivity index (χ3n) is 4.31. The molecule has 3 rings (SSSR count). The molecule has 2 atom stereocenters. The van der Waals surface area contributed by atoms with Crippen LogP contribution >= 0.6 is 11.8 Å². The van der Waals surface area contributed by atoms with E-state index in [0.29, 0.717) is 25.1 Å². The molecule has 23 heavy (non-hydrogen) atoms. The standard InChI is InChI=1S/C18H23N3OS/c1-22-13-21-17(16-10-6-5-7-14(16)11-19)12-20-18(21)23-15-8-3-2-4-9-15/h2-6,8-9,12,14,16H,7,10-11,13,19H2,1H3/t14-,16+/m1/s1. The summed E-state index contributed by atoms with van der Waals surface area (Å²) in [7, 11) is 1.72. The fraction of sp³-hybridized carbons (Fsp3) is 0.389. The van der Waals surface area contributed by atoms with Crippen LogP contribution in [0.25, 0.3) is 0 Å². The van der Waals surface area contributed by atoms with Crippen LogP contribution in [-0.4, -0.2) is 23.2 Å². The van der Waals surface area contributed by atoms with Crippen molar-refractivity contribution in [2.45, 2.75) is 35.5 Å². The van der Waals surface area contributed by atoms with Gasteiger partial charge in [-0.15, -0.1) is 0 Å². The second kappa shape index (κ2) is 7.81. The molecule has 4 nitrogen and oxygen atoms in total. The van der Waals surface area contributed by atoms with E-state index in [2.05, 4.69) is 33.8 Å². The molecule has 0 amide bonds. The van der Waals surface area contributed by atoms with Crippen LogP contribution in [0.3, 0.4) is 0 Å². The summed E-state index contributed by atoms with van der Waals surface area (Å²) in [5.41, 5.74) is 7.21. The molecule has 0 bridgehead atoms. The van der Waals surface area contributed by atoms with Crippen molar-refractivity contribution in [2.24, 2.45) is 11.7 Å². The molecule has 0 aliphatic heterocycles. The van der Waals surface area contributed by atoms with Gasteiger partial charge in [-0.1, -0.05) is 42.1 Å². The molecular weight excluding hydrogens is 306 g/mol. The van der Waals surface area contributed by atoms with E-state index < -0.39 is 0 Å². The van der Waals surface area contributed by atoms with Gasteiger partial charge in [0, 0.05) is 29.8 Å². The zero-order valence-electron chi connectivity index (χ0n) is 13.4. The van der Waals surface area contributed by atoms with Crippen molar-refractivity contribution < 1.29 is 4.74 Å². The number of methoxy groups -OCH3 is 1. The number of allylic oxidation sites excluding steroid dienone is 2. The van der Waals surface area contributed by atoms with E-state index in [1.54, 1.807) is 18.9 Å². The summed E-state index contributed by atoms with van der Waals surface area (Å²) in [6, 6.07) is 10.3. The van der Waals surface area contributed by atoms with Crippen molar-refractivity contribution in [2.75, 3.05) is 13.7 Å². The summed E-state index contributed by atoms with van der Waals surface area (Å²) in [5, 5.41) is 0.971. The van der Waals surface area contributed by atoms with Gasteiger partial charge in [0.1, 0.15) is 6.73 Å². The maximum Gasteiger partial charge on any atom is 0.174 e. The molecule has 2 aromatic rings. The van der Waals surface area contributed by atoms with Crippen LogP contribution in [0.1, 0.15) is 24.5 Å². The van der Waals surface area contributed by atoms with E-state index >= 15 is 0 Å². The fourth-order valence-electron chi connectivity index (χ4n) is 3.09. The van der Waals surface area contributed by atoms with Crippen LogP contribution < -0.4 is 5.73 Å². The van der Waals surface area contributed by atoms with E-state index in [9.17, 15) is 0 Å². The molecular formula is C18H23N3OS. The average Bonchev–Trinajstić information content (AvgIpc) is 2.98. The lowest BCUT2D eigenvalue weighted by molar-refractivity contribution is 0.119. The lowest BCUT2D eigenvalue weighted by Crippen LogP contribution is -2.25. The van der Waals surface area contributed by atoms with Crippen LogP contribution in [0, 0.1) is 5.92 Å². The van der Waals surface area contributed by atoms with Gasteiger partial charge in [0.15, 0.2) is 5.16 Å². The Morgan fingerprint density at radius 2 is 2.04 bits per heavy atom. The number of benzene rings is 1. The first kappa shape index (κ1) is 16.3. The molecule has 0 saturated carbocycles. The number of nitrogens with zero attached hydrogens (tertiary/aromatic N) is 2. The van der Waals surface area contributed by atoms with Crippen LogP contribution in [0.15, 0.2) is 58.7 Å². The maximum absolute atomic E-state index is 5.99. The smallest absolute Gasteiger partial charge is 0.174 e. The minimum atomic E-state index is 0.415. The van der Waals surface area contributed by atoms with Crippen molar-refractivity contribution >= 4 is 11.8 Å². The molecule has 1 aliphatic carbocycles. The van der Waals surface area contributed by atoms with Crippen molar-refractivity contribution in [3.8, 4) is 0 Å². The minimum absolute atomic E-state index is 0.415. The van der Waals surface area contributed by atoms with Crippen molar-refractivity contribution in [3.63, 3.8) is 0 Å². The Balaban J connectivity index is 1.90. The van der Waals surface area contributed by atoms with E-state index in [-0.39, 0.29) is 0 Å². The third-order valence-corrected chi connectivity index (χ3v) is 5.32. The van der Waals surface area contributed by atoms with Crippen LogP contribution in [0.4, 0.5) is 0 Å². The van der Waals surface area contributed by atoms with Crippen LogP contribution in [-0.2, 0) is 11.5 Å². The summed E-state index contributed by atoms with van der Waals surface area (Å²) in [5.74, 6) is 0.889. The Kier molecular flexibility index (Phi) is 5.54. The number of ether oxygens (including phenoxy) is 1. The second-order valence-electron chi connectivity index (χ2n) is 5.77. The summed E-state index contributed by atoms with van der Waals surface area (Å²) in [6.45, 7) is 1.22. The third kappa shape index (κ3) is 3.68. The normalized spacial score (nSPS) is 20.8. The van der Waals surface area contributed by atoms with Gasteiger partial charge in [0.05, 0.1) is 0 Å². The van der Waals surface area contributed by atoms with Gasteiger partial charge in [-0.25, -0.2) is 4.98 Å². The quantitative estimate of drug-likeness (QED) is 0.822. The summed E-state index contributed by atoms with van der Waals surface area (Å²) >= 11 is 1.67. The van der Waals surface area contributed by atoms with Gasteiger partial charge in [-0.05, 0) is 37.4 Å². The maximum atomic E-state index is 5.99. The number of hydrogen-bond acceptors (Lipinski definition) is 4. The Morgan fingerprint density at radius 1 is 1.26 bits per heavy atom.